The highest BCUT2D eigenvalue weighted by Crippen LogP contribution is 2.38. The normalized spacial score (nSPS) is 28.0. The van der Waals surface area contributed by atoms with Crippen molar-refractivity contribution in [1.29, 1.82) is 0 Å². The monoisotopic (exact) mass is 343 g/mol. The van der Waals surface area contributed by atoms with Crippen LogP contribution in [-0.4, -0.2) is 52.4 Å². The van der Waals surface area contributed by atoms with E-state index in [1.807, 2.05) is 11.0 Å². The Morgan fingerprint density at radius 1 is 1.28 bits per heavy atom. The number of amides is 1. The summed E-state index contributed by atoms with van der Waals surface area (Å²) in [4.78, 5) is 20.7. The minimum atomic E-state index is -0.311. The average Bonchev–Trinajstić information content (AvgIpc) is 2.98. The Bertz CT molecular complexity index is 801. The molecule has 1 aromatic heterocycles. The number of aromatic nitrogens is 1. The molecule has 2 fully saturated rings. The third-order valence-corrected chi connectivity index (χ3v) is 6.37. The van der Waals surface area contributed by atoms with Crippen LogP contribution in [0.15, 0.2) is 24.3 Å². The van der Waals surface area contributed by atoms with E-state index >= 15 is 0 Å². The van der Waals surface area contributed by atoms with Crippen molar-refractivity contribution in [2.24, 2.45) is 0 Å². The smallest absolute Gasteiger partial charge is 0.270 e. The van der Waals surface area contributed by atoms with Gasteiger partial charge in [0.05, 0.1) is 11.6 Å². The number of hydrogen-bond donors (Lipinski definition) is 1. The third kappa shape index (κ3) is 2.65. The molecule has 0 bridgehead atoms. The van der Waals surface area contributed by atoms with Crippen LogP contribution >= 0.6 is 0 Å². The van der Waals surface area contributed by atoms with Crippen molar-refractivity contribution in [2.45, 2.75) is 50.6 Å². The van der Waals surface area contributed by atoms with Gasteiger partial charge in [-0.05, 0) is 58.3 Å². The summed E-state index contributed by atoms with van der Waals surface area (Å²) in [7, 11) is 2.19. The number of halogens is 1. The van der Waals surface area contributed by atoms with Crippen molar-refractivity contribution >= 4 is 16.8 Å². The molecular formula is C20H26FN3O. The number of H-pyrrole nitrogens is 1. The van der Waals surface area contributed by atoms with Gasteiger partial charge in [-0.15, -0.1) is 0 Å². The summed E-state index contributed by atoms with van der Waals surface area (Å²) in [5.74, 6) is -0.309. The summed E-state index contributed by atoms with van der Waals surface area (Å²) in [5.41, 5.74) is 0.946. The van der Waals surface area contributed by atoms with Crippen molar-refractivity contribution < 1.29 is 9.18 Å². The lowest BCUT2D eigenvalue weighted by atomic mass is 9.80. The van der Waals surface area contributed by atoms with E-state index in [1.165, 1.54) is 12.5 Å². The summed E-state index contributed by atoms with van der Waals surface area (Å²) in [6.45, 7) is 4.17. The fourth-order valence-electron chi connectivity index (χ4n) is 4.75. The molecule has 2 aromatic rings. The second-order valence-corrected chi connectivity index (χ2v) is 7.78. The predicted octanol–water partition coefficient (Wildman–Crippen LogP) is 3.79. The maximum absolute atomic E-state index is 14.0. The fourth-order valence-corrected chi connectivity index (χ4v) is 4.75. The lowest BCUT2D eigenvalue weighted by Crippen LogP contribution is -2.63. The minimum Gasteiger partial charge on any atom is -0.348 e. The van der Waals surface area contributed by atoms with Crippen LogP contribution in [0.5, 0.6) is 0 Å². The molecule has 2 aliphatic rings. The molecule has 134 valence electrons. The highest BCUT2D eigenvalue weighted by Gasteiger charge is 2.46. The predicted molar refractivity (Wildman–Crippen MR) is 97.2 cm³/mol. The second kappa shape index (κ2) is 6.13. The van der Waals surface area contributed by atoms with Gasteiger partial charge in [-0.25, -0.2) is 4.39 Å². The fraction of sp³-hybridized carbons (Fsp3) is 0.550. The number of rotatable bonds is 1. The van der Waals surface area contributed by atoms with Gasteiger partial charge in [-0.3, -0.25) is 9.69 Å². The number of hydrogen-bond acceptors (Lipinski definition) is 2. The van der Waals surface area contributed by atoms with Gasteiger partial charge in [-0.1, -0.05) is 18.6 Å². The molecule has 0 unspecified atom stereocenters. The first kappa shape index (κ1) is 16.6. The van der Waals surface area contributed by atoms with Crippen LogP contribution in [0.25, 0.3) is 10.9 Å². The standard InChI is InChI=1S/C20H26FN3O/c1-20-10-6-12-24(17(20)9-3-4-11-23(20)2)19(25)16-13-14-7-5-8-15(21)18(14)22-16/h5,7-8,13,17,22H,3-4,6,9-12H2,1-2H3/t17-,20-/m0/s1. The van der Waals surface area contributed by atoms with E-state index in [-0.39, 0.29) is 23.3 Å². The molecule has 2 atom stereocenters. The summed E-state index contributed by atoms with van der Waals surface area (Å²) in [5, 5.41) is 0.751. The summed E-state index contributed by atoms with van der Waals surface area (Å²) in [6, 6.07) is 6.94. The molecule has 4 rings (SSSR count). The van der Waals surface area contributed by atoms with Gasteiger partial charge in [-0.2, -0.15) is 0 Å². The summed E-state index contributed by atoms with van der Waals surface area (Å²) < 4.78 is 14.0. The Hall–Kier alpha value is -1.88. The molecule has 0 saturated carbocycles. The number of piperidine rings is 1. The van der Waals surface area contributed by atoms with Crippen molar-refractivity contribution in [3.63, 3.8) is 0 Å². The van der Waals surface area contributed by atoms with Gasteiger partial charge in [0.2, 0.25) is 0 Å². The third-order valence-electron chi connectivity index (χ3n) is 6.37. The van der Waals surface area contributed by atoms with Crippen molar-refractivity contribution in [2.75, 3.05) is 20.1 Å². The van der Waals surface area contributed by atoms with E-state index in [9.17, 15) is 9.18 Å². The molecule has 1 aromatic carbocycles. The van der Waals surface area contributed by atoms with Crippen LogP contribution < -0.4 is 0 Å². The van der Waals surface area contributed by atoms with E-state index in [0.29, 0.717) is 11.2 Å². The Balaban J connectivity index is 1.69. The molecule has 1 N–H and O–H groups in total. The number of nitrogens with zero attached hydrogens (tertiary/aromatic N) is 2. The van der Waals surface area contributed by atoms with Gasteiger partial charge in [0.1, 0.15) is 11.5 Å². The number of fused-ring (bicyclic) bond motifs is 2. The molecule has 25 heavy (non-hydrogen) atoms. The van der Waals surface area contributed by atoms with Gasteiger partial charge in [0, 0.05) is 17.5 Å². The van der Waals surface area contributed by atoms with Crippen molar-refractivity contribution in [1.82, 2.24) is 14.8 Å². The number of nitrogens with one attached hydrogen (secondary N) is 1. The highest BCUT2D eigenvalue weighted by molar-refractivity contribution is 5.98. The van der Waals surface area contributed by atoms with Crippen LogP contribution in [0, 0.1) is 5.82 Å². The number of carbonyl (C=O) groups is 1. The van der Waals surface area contributed by atoms with E-state index in [2.05, 4.69) is 23.9 Å². The van der Waals surface area contributed by atoms with Gasteiger partial charge < -0.3 is 9.88 Å². The molecule has 2 aliphatic heterocycles. The molecule has 1 amide bonds. The quantitative estimate of drug-likeness (QED) is 0.856. The number of likely N-dealkylation sites (N-methyl/N-ethyl adjacent to an activating group) is 1. The Morgan fingerprint density at radius 3 is 2.92 bits per heavy atom. The maximum atomic E-state index is 14.0. The number of benzene rings is 1. The first-order chi connectivity index (χ1) is 12.0. The number of aromatic amines is 1. The second-order valence-electron chi connectivity index (χ2n) is 7.78. The first-order valence-electron chi connectivity index (χ1n) is 9.30. The van der Waals surface area contributed by atoms with E-state index in [4.69, 9.17) is 0 Å². The van der Waals surface area contributed by atoms with Gasteiger partial charge >= 0.3 is 0 Å². The molecule has 2 saturated heterocycles. The first-order valence-corrected chi connectivity index (χ1v) is 9.30. The summed E-state index contributed by atoms with van der Waals surface area (Å²) in [6.07, 6.45) is 5.51. The minimum absolute atomic E-state index is 0.00169. The topological polar surface area (TPSA) is 39.3 Å². The number of likely N-dealkylation sites (tertiary alicyclic amines) is 2. The zero-order valence-electron chi connectivity index (χ0n) is 15.0. The molecule has 4 nitrogen and oxygen atoms in total. The maximum Gasteiger partial charge on any atom is 0.270 e. The van der Waals surface area contributed by atoms with E-state index in [1.54, 1.807) is 12.1 Å². The number of carbonyl (C=O) groups excluding carboxylic acids is 1. The van der Waals surface area contributed by atoms with Crippen LogP contribution in [0.3, 0.4) is 0 Å². The van der Waals surface area contributed by atoms with Crippen molar-refractivity contribution in [3.8, 4) is 0 Å². The lowest BCUT2D eigenvalue weighted by Gasteiger charge is -2.51. The lowest BCUT2D eigenvalue weighted by molar-refractivity contribution is -0.00361. The van der Waals surface area contributed by atoms with E-state index in [0.717, 1.165) is 44.2 Å². The molecule has 3 heterocycles. The Kier molecular flexibility index (Phi) is 4.07. The van der Waals surface area contributed by atoms with Crippen LogP contribution in [0.4, 0.5) is 4.39 Å². The highest BCUT2D eigenvalue weighted by atomic mass is 19.1. The van der Waals surface area contributed by atoms with Gasteiger partial charge in [0.15, 0.2) is 0 Å². The Morgan fingerprint density at radius 2 is 2.12 bits per heavy atom. The zero-order valence-corrected chi connectivity index (χ0v) is 15.0. The molecule has 0 spiro atoms. The molecule has 0 aliphatic carbocycles. The molecule has 5 heteroatoms. The summed E-state index contributed by atoms with van der Waals surface area (Å²) >= 11 is 0. The Labute approximate surface area is 148 Å². The van der Waals surface area contributed by atoms with Crippen LogP contribution in [0.1, 0.15) is 49.5 Å². The number of para-hydroxylation sites is 1. The largest absolute Gasteiger partial charge is 0.348 e. The SMILES string of the molecule is CN1CCCC[C@@H]2N(C(=O)c3cc4cccc(F)c4[nH]3)CCC[C@@]21C. The van der Waals surface area contributed by atoms with Crippen molar-refractivity contribution in [3.05, 3.63) is 35.8 Å². The van der Waals surface area contributed by atoms with E-state index < -0.39 is 0 Å². The van der Waals surface area contributed by atoms with Crippen LogP contribution in [0.2, 0.25) is 0 Å². The molecule has 0 radical (unpaired) electrons. The van der Waals surface area contributed by atoms with Gasteiger partial charge in [0.25, 0.3) is 5.91 Å². The van der Waals surface area contributed by atoms with Crippen LogP contribution in [-0.2, 0) is 0 Å². The zero-order chi connectivity index (χ0) is 17.6. The molecular weight excluding hydrogens is 317 g/mol. The average molecular weight is 343 g/mol.